The van der Waals surface area contributed by atoms with Gasteiger partial charge in [-0.25, -0.2) is 4.79 Å². The van der Waals surface area contributed by atoms with Crippen LogP contribution >= 0.6 is 0 Å². The van der Waals surface area contributed by atoms with Crippen molar-refractivity contribution in [1.82, 2.24) is 10.2 Å². The van der Waals surface area contributed by atoms with E-state index in [-0.39, 0.29) is 5.91 Å². The van der Waals surface area contributed by atoms with Crippen LogP contribution in [0.15, 0.2) is 24.3 Å². The lowest BCUT2D eigenvalue weighted by Crippen LogP contribution is -2.33. The highest BCUT2D eigenvalue weighted by Gasteiger charge is 2.15. The summed E-state index contributed by atoms with van der Waals surface area (Å²) in [6.07, 6.45) is 2.64. The van der Waals surface area contributed by atoms with Gasteiger partial charge in [-0.05, 0) is 51.3 Å². The van der Waals surface area contributed by atoms with Gasteiger partial charge in [-0.2, -0.15) is 0 Å². The third-order valence-corrected chi connectivity index (χ3v) is 3.56. The molecule has 0 heterocycles. The molecule has 0 saturated heterocycles. The van der Waals surface area contributed by atoms with Gasteiger partial charge in [0.25, 0.3) is 0 Å². The van der Waals surface area contributed by atoms with Crippen LogP contribution in [0.3, 0.4) is 0 Å². The fourth-order valence-corrected chi connectivity index (χ4v) is 2.26. The van der Waals surface area contributed by atoms with E-state index in [1.54, 1.807) is 4.90 Å². The van der Waals surface area contributed by atoms with E-state index in [9.17, 15) is 9.59 Å². The molecular formula is C19H31N3O3. The molecule has 2 amide bonds. The molecule has 140 valence electrons. The van der Waals surface area contributed by atoms with Gasteiger partial charge in [0.2, 0.25) is 5.91 Å². The summed E-state index contributed by atoms with van der Waals surface area (Å²) in [5.41, 5.74) is 6.96. The van der Waals surface area contributed by atoms with Gasteiger partial charge in [-0.3, -0.25) is 4.79 Å². The minimum atomic E-state index is -0.481. The van der Waals surface area contributed by atoms with E-state index >= 15 is 0 Å². The second kappa shape index (κ2) is 9.91. The van der Waals surface area contributed by atoms with Crippen molar-refractivity contribution in [2.24, 2.45) is 0 Å². The van der Waals surface area contributed by atoms with Gasteiger partial charge < -0.3 is 20.7 Å². The summed E-state index contributed by atoms with van der Waals surface area (Å²) in [4.78, 5) is 25.3. The van der Waals surface area contributed by atoms with E-state index in [0.717, 1.165) is 30.5 Å². The Hall–Kier alpha value is -2.24. The van der Waals surface area contributed by atoms with E-state index in [1.807, 2.05) is 52.1 Å². The number of nitrogen functional groups attached to an aromatic ring is 1. The number of carbonyl (C=O) groups excluding carboxylic acids is 2. The van der Waals surface area contributed by atoms with Gasteiger partial charge in [0.1, 0.15) is 5.60 Å². The van der Waals surface area contributed by atoms with E-state index in [2.05, 4.69) is 5.32 Å². The molecule has 1 aromatic rings. The number of nitrogens with two attached hydrogens (primary N) is 1. The second-order valence-electron chi connectivity index (χ2n) is 7.23. The lowest BCUT2D eigenvalue weighted by Gasteiger charge is -2.19. The number of amides is 2. The van der Waals surface area contributed by atoms with Crippen molar-refractivity contribution in [2.45, 2.75) is 58.6 Å². The standard InChI is InChI=1S/C19H31N3O3/c1-19(2,3)25-18(24)21-13-7-5-6-8-17(23)22(4)14-15-9-11-16(20)12-10-15/h9-12H,5-8,13-14,20H2,1-4H3,(H,21,24). The molecule has 0 saturated carbocycles. The lowest BCUT2D eigenvalue weighted by atomic mass is 10.1. The van der Waals surface area contributed by atoms with Gasteiger partial charge in [0.05, 0.1) is 0 Å². The average molecular weight is 349 g/mol. The predicted molar refractivity (Wildman–Crippen MR) is 100 cm³/mol. The Morgan fingerprint density at radius 1 is 1.12 bits per heavy atom. The highest BCUT2D eigenvalue weighted by molar-refractivity contribution is 5.75. The zero-order chi connectivity index (χ0) is 18.9. The lowest BCUT2D eigenvalue weighted by molar-refractivity contribution is -0.130. The second-order valence-corrected chi connectivity index (χ2v) is 7.23. The van der Waals surface area contributed by atoms with Crippen LogP contribution in [0.4, 0.5) is 10.5 Å². The van der Waals surface area contributed by atoms with Crippen LogP contribution in [0.25, 0.3) is 0 Å². The van der Waals surface area contributed by atoms with Crippen molar-refractivity contribution in [1.29, 1.82) is 0 Å². The fraction of sp³-hybridized carbons (Fsp3) is 0.579. The average Bonchev–Trinajstić information content (AvgIpc) is 2.51. The van der Waals surface area contributed by atoms with Crippen LogP contribution < -0.4 is 11.1 Å². The maximum Gasteiger partial charge on any atom is 0.407 e. The van der Waals surface area contributed by atoms with Crippen LogP contribution in [-0.2, 0) is 16.1 Å². The number of hydrogen-bond donors (Lipinski definition) is 2. The summed E-state index contributed by atoms with van der Waals surface area (Å²) in [5, 5.41) is 2.72. The SMILES string of the molecule is CN(Cc1ccc(N)cc1)C(=O)CCCCCNC(=O)OC(C)(C)C. The molecule has 0 fully saturated rings. The molecule has 0 unspecified atom stereocenters. The number of carbonyl (C=O) groups is 2. The molecule has 1 rings (SSSR count). The summed E-state index contributed by atoms with van der Waals surface area (Å²) in [6.45, 7) is 6.64. The Morgan fingerprint density at radius 2 is 1.76 bits per heavy atom. The zero-order valence-electron chi connectivity index (χ0n) is 15.8. The first-order chi connectivity index (χ1) is 11.7. The number of unbranched alkanes of at least 4 members (excludes halogenated alkanes) is 2. The Bertz CT molecular complexity index is 550. The maximum absolute atomic E-state index is 12.1. The third kappa shape index (κ3) is 9.59. The molecule has 6 heteroatoms. The number of benzene rings is 1. The molecule has 0 aliphatic heterocycles. The van der Waals surface area contributed by atoms with Crippen LogP contribution in [0, 0.1) is 0 Å². The fourth-order valence-electron chi connectivity index (χ4n) is 2.26. The minimum absolute atomic E-state index is 0.122. The van der Waals surface area contributed by atoms with Gasteiger partial charge in [-0.15, -0.1) is 0 Å². The number of ether oxygens (including phenoxy) is 1. The molecule has 1 aromatic carbocycles. The Labute approximate surface area is 150 Å². The first-order valence-electron chi connectivity index (χ1n) is 8.72. The number of alkyl carbamates (subject to hydrolysis) is 1. The molecule has 0 aromatic heterocycles. The van der Waals surface area contributed by atoms with Crippen molar-refractivity contribution >= 4 is 17.7 Å². The van der Waals surface area contributed by atoms with Gasteiger partial charge in [-0.1, -0.05) is 18.6 Å². The maximum atomic E-state index is 12.1. The number of hydrogen-bond acceptors (Lipinski definition) is 4. The zero-order valence-corrected chi connectivity index (χ0v) is 15.8. The van der Waals surface area contributed by atoms with E-state index in [0.29, 0.717) is 19.5 Å². The third-order valence-electron chi connectivity index (χ3n) is 3.56. The number of anilines is 1. The monoisotopic (exact) mass is 349 g/mol. The Balaban J connectivity index is 2.13. The predicted octanol–water partition coefficient (Wildman–Crippen LogP) is 3.31. The van der Waals surface area contributed by atoms with Gasteiger partial charge in [0, 0.05) is 32.2 Å². The van der Waals surface area contributed by atoms with E-state index < -0.39 is 11.7 Å². The van der Waals surface area contributed by atoms with Crippen LogP contribution in [0.5, 0.6) is 0 Å². The Kier molecular flexibility index (Phi) is 8.25. The first kappa shape index (κ1) is 20.8. The molecule has 0 bridgehead atoms. The van der Waals surface area contributed by atoms with Crippen molar-refractivity contribution in [3.05, 3.63) is 29.8 Å². The van der Waals surface area contributed by atoms with Crippen LogP contribution in [0.2, 0.25) is 0 Å². The van der Waals surface area contributed by atoms with E-state index in [4.69, 9.17) is 10.5 Å². The summed E-state index contributed by atoms with van der Waals surface area (Å²) < 4.78 is 5.16. The van der Waals surface area contributed by atoms with Gasteiger partial charge in [0.15, 0.2) is 0 Å². The number of nitrogens with zero attached hydrogens (tertiary/aromatic N) is 1. The summed E-state index contributed by atoms with van der Waals surface area (Å²) in [5.74, 6) is 0.122. The molecule has 0 aliphatic rings. The van der Waals surface area contributed by atoms with Crippen LogP contribution in [0.1, 0.15) is 52.0 Å². The summed E-state index contributed by atoms with van der Waals surface area (Å²) >= 11 is 0. The number of rotatable bonds is 8. The van der Waals surface area contributed by atoms with E-state index in [1.165, 1.54) is 0 Å². The molecule has 3 N–H and O–H groups in total. The van der Waals surface area contributed by atoms with Crippen molar-refractivity contribution in [3.8, 4) is 0 Å². The normalized spacial score (nSPS) is 11.0. The molecule has 0 atom stereocenters. The highest BCUT2D eigenvalue weighted by Crippen LogP contribution is 2.10. The quantitative estimate of drug-likeness (QED) is 0.557. The molecule has 0 spiro atoms. The molecule has 0 aliphatic carbocycles. The van der Waals surface area contributed by atoms with Crippen molar-refractivity contribution < 1.29 is 14.3 Å². The van der Waals surface area contributed by atoms with Crippen molar-refractivity contribution in [3.63, 3.8) is 0 Å². The number of nitrogens with one attached hydrogen (secondary N) is 1. The summed E-state index contributed by atoms with van der Waals surface area (Å²) in [7, 11) is 1.81. The first-order valence-corrected chi connectivity index (χ1v) is 8.72. The molecule has 0 radical (unpaired) electrons. The van der Waals surface area contributed by atoms with Gasteiger partial charge >= 0.3 is 6.09 Å². The minimum Gasteiger partial charge on any atom is -0.444 e. The smallest absolute Gasteiger partial charge is 0.407 e. The molecule has 25 heavy (non-hydrogen) atoms. The molecule has 6 nitrogen and oxygen atoms in total. The molecular weight excluding hydrogens is 318 g/mol. The largest absolute Gasteiger partial charge is 0.444 e. The van der Waals surface area contributed by atoms with Crippen molar-refractivity contribution in [2.75, 3.05) is 19.3 Å². The Morgan fingerprint density at radius 3 is 2.36 bits per heavy atom. The topological polar surface area (TPSA) is 84.7 Å². The van der Waals surface area contributed by atoms with Crippen LogP contribution in [-0.4, -0.2) is 36.1 Å². The summed E-state index contributed by atoms with van der Waals surface area (Å²) in [6, 6.07) is 7.54. The highest BCUT2D eigenvalue weighted by atomic mass is 16.6.